The molecule has 4 saturated carbocycles. The van der Waals surface area contributed by atoms with E-state index in [9.17, 15) is 25.5 Å². The second-order valence-corrected chi connectivity index (χ2v) is 10.9. The van der Waals surface area contributed by atoms with Gasteiger partial charge in [-0.25, -0.2) is 0 Å². The summed E-state index contributed by atoms with van der Waals surface area (Å²) in [7, 11) is 0. The number of hydrogen-bond acceptors (Lipinski definition) is 6. The topological polar surface area (TPSA) is 114 Å². The zero-order valence-electron chi connectivity index (χ0n) is 16.0. The lowest BCUT2D eigenvalue weighted by Crippen LogP contribution is -2.63. The van der Waals surface area contributed by atoms with Gasteiger partial charge in [-0.15, -0.1) is 0 Å². The van der Waals surface area contributed by atoms with Crippen molar-refractivity contribution in [2.24, 2.45) is 28.6 Å². The molecule has 5 fully saturated rings. The molecule has 0 aromatic heterocycles. The van der Waals surface area contributed by atoms with Gasteiger partial charge in [-0.1, -0.05) is 13.8 Å². The summed E-state index contributed by atoms with van der Waals surface area (Å²) in [5, 5.41) is 56.9. The molecule has 148 valence electrons. The molecular formula is C20H32O6. The molecule has 6 heteroatoms. The van der Waals surface area contributed by atoms with Crippen LogP contribution < -0.4 is 0 Å². The van der Waals surface area contributed by atoms with E-state index in [0.29, 0.717) is 19.3 Å². The van der Waals surface area contributed by atoms with Gasteiger partial charge in [0.1, 0.15) is 5.60 Å². The highest BCUT2D eigenvalue weighted by Gasteiger charge is 2.82. The molecule has 1 heterocycles. The van der Waals surface area contributed by atoms with Crippen LogP contribution in [0.3, 0.4) is 0 Å². The van der Waals surface area contributed by atoms with Crippen LogP contribution in [0.25, 0.3) is 0 Å². The van der Waals surface area contributed by atoms with Crippen molar-refractivity contribution in [2.75, 3.05) is 0 Å². The van der Waals surface area contributed by atoms with Crippen LogP contribution in [0, 0.1) is 28.6 Å². The third kappa shape index (κ3) is 1.64. The van der Waals surface area contributed by atoms with E-state index >= 15 is 0 Å². The maximum absolute atomic E-state index is 11.8. The van der Waals surface area contributed by atoms with Crippen LogP contribution in [0.1, 0.15) is 53.4 Å². The Morgan fingerprint density at radius 1 is 0.962 bits per heavy atom. The first-order valence-electron chi connectivity index (χ1n) is 10.0. The third-order valence-corrected chi connectivity index (χ3v) is 9.40. The van der Waals surface area contributed by atoms with Crippen molar-refractivity contribution in [3.05, 3.63) is 0 Å². The van der Waals surface area contributed by atoms with Crippen LogP contribution in [0.5, 0.6) is 0 Å². The number of rotatable bonds is 0. The van der Waals surface area contributed by atoms with Crippen molar-refractivity contribution < 1.29 is 30.3 Å². The normalized spacial score (nSPS) is 68.0. The molecule has 4 aliphatic carbocycles. The Morgan fingerprint density at radius 3 is 2.27 bits per heavy atom. The molecule has 5 N–H and O–H groups in total. The molecule has 1 saturated heterocycles. The Morgan fingerprint density at radius 2 is 1.62 bits per heavy atom. The molecule has 1 spiro atoms. The summed E-state index contributed by atoms with van der Waals surface area (Å²) in [5.74, 6) is -1.17. The van der Waals surface area contributed by atoms with E-state index in [1.165, 1.54) is 0 Å². The second-order valence-electron chi connectivity index (χ2n) is 10.9. The number of aliphatic hydroxyl groups excluding tert-OH is 2. The van der Waals surface area contributed by atoms with Gasteiger partial charge in [-0.2, -0.15) is 0 Å². The average molecular weight is 368 g/mol. The lowest BCUT2D eigenvalue weighted by molar-refractivity contribution is -0.222. The van der Waals surface area contributed by atoms with Crippen molar-refractivity contribution in [1.29, 1.82) is 0 Å². The molecule has 5 aliphatic rings. The molecular weight excluding hydrogens is 336 g/mol. The van der Waals surface area contributed by atoms with Crippen LogP contribution in [0.15, 0.2) is 0 Å². The van der Waals surface area contributed by atoms with Gasteiger partial charge in [-0.05, 0) is 45.4 Å². The molecule has 6 nitrogen and oxygen atoms in total. The van der Waals surface area contributed by atoms with Gasteiger partial charge in [0, 0.05) is 22.7 Å². The molecule has 0 amide bonds. The van der Waals surface area contributed by atoms with E-state index in [4.69, 9.17) is 4.74 Å². The Balaban J connectivity index is 1.70. The van der Waals surface area contributed by atoms with Gasteiger partial charge < -0.3 is 30.3 Å². The third-order valence-electron chi connectivity index (χ3n) is 9.40. The highest BCUT2D eigenvalue weighted by molar-refractivity contribution is 5.31. The summed E-state index contributed by atoms with van der Waals surface area (Å²) < 4.78 is 5.82. The molecule has 2 bridgehead atoms. The summed E-state index contributed by atoms with van der Waals surface area (Å²) in [4.78, 5) is 0. The minimum atomic E-state index is -1.49. The zero-order chi connectivity index (χ0) is 19.1. The van der Waals surface area contributed by atoms with E-state index in [2.05, 4.69) is 0 Å². The summed E-state index contributed by atoms with van der Waals surface area (Å²) >= 11 is 0. The molecule has 26 heavy (non-hydrogen) atoms. The zero-order valence-corrected chi connectivity index (χ0v) is 16.0. The molecule has 0 radical (unpaired) electrons. The molecule has 1 aliphatic heterocycles. The first-order chi connectivity index (χ1) is 11.8. The van der Waals surface area contributed by atoms with Crippen molar-refractivity contribution in [3.8, 4) is 0 Å². The predicted molar refractivity (Wildman–Crippen MR) is 92.0 cm³/mol. The second kappa shape index (κ2) is 4.50. The number of aliphatic hydroxyl groups is 5. The summed E-state index contributed by atoms with van der Waals surface area (Å²) in [6, 6.07) is 0. The first kappa shape index (κ1) is 17.8. The molecule has 0 unspecified atom stereocenters. The van der Waals surface area contributed by atoms with Gasteiger partial charge in [-0.3, -0.25) is 0 Å². The van der Waals surface area contributed by atoms with Crippen molar-refractivity contribution in [3.63, 3.8) is 0 Å². The fraction of sp³-hybridized carbons (Fsp3) is 1.00. The summed E-state index contributed by atoms with van der Waals surface area (Å²) in [6.07, 6.45) is -0.485. The molecule has 0 aromatic carbocycles. The van der Waals surface area contributed by atoms with E-state index in [-0.39, 0.29) is 30.5 Å². The Labute approximate surface area is 154 Å². The predicted octanol–water partition coefficient (Wildman–Crippen LogP) is 0.185. The minimum Gasteiger partial charge on any atom is -0.392 e. The number of hydrogen-bond donors (Lipinski definition) is 5. The van der Waals surface area contributed by atoms with Gasteiger partial charge in [0.05, 0.1) is 35.6 Å². The van der Waals surface area contributed by atoms with E-state index < -0.39 is 45.8 Å². The quantitative estimate of drug-likeness (QED) is 0.390. The Kier molecular flexibility index (Phi) is 3.08. The number of ether oxygens (including phenoxy) is 1. The van der Waals surface area contributed by atoms with E-state index in [0.717, 1.165) is 0 Å². The highest BCUT2D eigenvalue weighted by atomic mass is 16.6. The first-order valence-corrected chi connectivity index (χ1v) is 10.0. The molecule has 11 atom stereocenters. The van der Waals surface area contributed by atoms with Crippen LogP contribution in [0.4, 0.5) is 0 Å². The van der Waals surface area contributed by atoms with Gasteiger partial charge >= 0.3 is 0 Å². The summed E-state index contributed by atoms with van der Waals surface area (Å²) in [5.41, 5.74) is -5.30. The minimum absolute atomic E-state index is 0.166. The molecule has 5 rings (SSSR count). The lowest BCUT2D eigenvalue weighted by Gasteiger charge is -2.51. The van der Waals surface area contributed by atoms with Crippen molar-refractivity contribution in [1.82, 2.24) is 0 Å². The fourth-order valence-electron chi connectivity index (χ4n) is 8.27. The number of fused-ring (bicyclic) bond motifs is 4. The fourth-order valence-corrected chi connectivity index (χ4v) is 8.27. The number of epoxide rings is 1. The van der Waals surface area contributed by atoms with Crippen molar-refractivity contribution >= 4 is 0 Å². The highest BCUT2D eigenvalue weighted by Crippen LogP contribution is 2.72. The van der Waals surface area contributed by atoms with Crippen LogP contribution >= 0.6 is 0 Å². The van der Waals surface area contributed by atoms with Crippen LogP contribution in [-0.2, 0) is 4.74 Å². The maximum atomic E-state index is 11.8. The lowest BCUT2D eigenvalue weighted by atomic mass is 9.57. The average Bonchev–Trinajstić information content (AvgIpc) is 3.22. The summed E-state index contributed by atoms with van der Waals surface area (Å²) in [6.45, 7) is 7.29. The van der Waals surface area contributed by atoms with Crippen molar-refractivity contribution in [2.45, 2.75) is 94.6 Å². The van der Waals surface area contributed by atoms with Crippen LogP contribution in [0.2, 0.25) is 0 Å². The Bertz CT molecular complexity index is 659. The maximum Gasteiger partial charge on any atom is 0.106 e. The smallest absolute Gasteiger partial charge is 0.106 e. The standard InChI is InChI=1S/C20H32O6/c1-16(2)15-12(26-15)13-18(4,24)10-6-5-9-14(22)19(10,8-17(9,3)23)7-11(21)20(13,16)25/h9-15,21-25H,5-8H2,1-4H3/t9-,10+,11-,12+,13+,14-,15+,17-,18-,19+,20-/m0/s1. The van der Waals surface area contributed by atoms with Crippen LogP contribution in [-0.4, -0.2) is 66.8 Å². The largest absolute Gasteiger partial charge is 0.392 e. The van der Waals surface area contributed by atoms with E-state index in [1.807, 2.05) is 13.8 Å². The van der Waals surface area contributed by atoms with Gasteiger partial charge in [0.25, 0.3) is 0 Å². The van der Waals surface area contributed by atoms with E-state index in [1.54, 1.807) is 13.8 Å². The Hall–Kier alpha value is -0.240. The monoisotopic (exact) mass is 368 g/mol. The SMILES string of the molecule is CC1(C)[C@@H]2O[C@@H]2[C@@H]2[C@@](C)(O)[C@H]3CC[C@H]4[C@H](O)[C@]3(C[C@H](O)[C@]21O)C[C@]4(C)O. The van der Waals surface area contributed by atoms with Gasteiger partial charge in [0.2, 0.25) is 0 Å². The molecule has 0 aromatic rings. The van der Waals surface area contributed by atoms with Gasteiger partial charge in [0.15, 0.2) is 0 Å².